The Bertz CT molecular complexity index is 528. The van der Waals surface area contributed by atoms with Gasteiger partial charge >= 0.3 is 0 Å². The van der Waals surface area contributed by atoms with Crippen molar-refractivity contribution in [3.8, 4) is 0 Å². The molecule has 3 heteroatoms. The van der Waals surface area contributed by atoms with Gasteiger partial charge in [-0.3, -0.25) is 4.68 Å². The van der Waals surface area contributed by atoms with Crippen molar-refractivity contribution < 1.29 is 5.11 Å². The van der Waals surface area contributed by atoms with Crippen molar-refractivity contribution in [3.63, 3.8) is 0 Å². The van der Waals surface area contributed by atoms with Gasteiger partial charge in [-0.1, -0.05) is 24.6 Å². The zero-order chi connectivity index (χ0) is 11.8. The minimum absolute atomic E-state index is 0.220. The summed E-state index contributed by atoms with van der Waals surface area (Å²) in [6, 6.07) is 8.21. The average molecular weight is 230 g/mol. The van der Waals surface area contributed by atoms with E-state index in [1.807, 2.05) is 23.9 Å². The van der Waals surface area contributed by atoms with E-state index in [4.69, 9.17) is 0 Å². The highest BCUT2D eigenvalue weighted by atomic mass is 16.3. The van der Waals surface area contributed by atoms with Crippen LogP contribution in [0.1, 0.15) is 25.0 Å². The van der Waals surface area contributed by atoms with Gasteiger partial charge in [-0.2, -0.15) is 5.10 Å². The van der Waals surface area contributed by atoms with Crippen LogP contribution < -0.4 is 0 Å². The summed E-state index contributed by atoms with van der Waals surface area (Å²) < 4.78 is 1.90. The van der Waals surface area contributed by atoms with Crippen LogP contribution >= 0.6 is 0 Å². The van der Waals surface area contributed by atoms with Gasteiger partial charge in [0.25, 0.3) is 0 Å². The van der Waals surface area contributed by atoms with Crippen molar-refractivity contribution >= 4 is 10.9 Å². The van der Waals surface area contributed by atoms with E-state index < -0.39 is 0 Å². The maximum Gasteiger partial charge on any atom is 0.0729 e. The molecular formula is C14H18N2O. The standard InChI is InChI=1S/C14H18N2O/c1-16-13-8-3-2-7-11(13)12(15-16)9-14(17)10-5-4-6-10/h2-3,7-8,10,14,17H,4-6,9H2,1H3. The van der Waals surface area contributed by atoms with Crippen molar-refractivity contribution in [1.29, 1.82) is 0 Å². The molecule has 1 saturated carbocycles. The first-order valence-electron chi connectivity index (χ1n) is 6.34. The van der Waals surface area contributed by atoms with E-state index in [0.29, 0.717) is 12.3 Å². The number of hydrogen-bond donors (Lipinski definition) is 1. The molecule has 1 unspecified atom stereocenters. The molecule has 90 valence electrons. The summed E-state index contributed by atoms with van der Waals surface area (Å²) in [5.74, 6) is 0.496. The Morgan fingerprint density at radius 2 is 2.18 bits per heavy atom. The quantitative estimate of drug-likeness (QED) is 0.878. The van der Waals surface area contributed by atoms with Gasteiger partial charge in [0.15, 0.2) is 0 Å². The Labute approximate surface area is 101 Å². The van der Waals surface area contributed by atoms with Crippen LogP contribution in [0.3, 0.4) is 0 Å². The number of fused-ring (bicyclic) bond motifs is 1. The fourth-order valence-electron chi connectivity index (χ4n) is 2.63. The lowest BCUT2D eigenvalue weighted by Crippen LogP contribution is -2.28. The average Bonchev–Trinajstić information content (AvgIpc) is 2.54. The van der Waals surface area contributed by atoms with Gasteiger partial charge in [0.1, 0.15) is 0 Å². The molecule has 0 spiro atoms. The van der Waals surface area contributed by atoms with Crippen molar-refractivity contribution in [2.75, 3.05) is 0 Å². The molecule has 2 aromatic rings. The molecule has 0 saturated heterocycles. The maximum atomic E-state index is 10.1. The number of aryl methyl sites for hydroxylation is 1. The number of benzene rings is 1. The second-order valence-corrected chi connectivity index (χ2v) is 5.05. The fourth-order valence-corrected chi connectivity index (χ4v) is 2.63. The van der Waals surface area contributed by atoms with Gasteiger partial charge in [-0.15, -0.1) is 0 Å². The highest BCUT2D eigenvalue weighted by Crippen LogP contribution is 2.31. The van der Waals surface area contributed by atoms with Crippen molar-refractivity contribution in [2.24, 2.45) is 13.0 Å². The summed E-state index contributed by atoms with van der Waals surface area (Å²) in [4.78, 5) is 0. The van der Waals surface area contributed by atoms with Crippen molar-refractivity contribution in [1.82, 2.24) is 9.78 Å². The number of hydrogen-bond acceptors (Lipinski definition) is 2. The van der Waals surface area contributed by atoms with Crippen LogP contribution in [0.4, 0.5) is 0 Å². The summed E-state index contributed by atoms with van der Waals surface area (Å²) in [6.07, 6.45) is 4.08. The minimum atomic E-state index is -0.220. The van der Waals surface area contributed by atoms with E-state index in [2.05, 4.69) is 17.2 Å². The molecule has 0 amide bonds. The topological polar surface area (TPSA) is 38.0 Å². The van der Waals surface area contributed by atoms with E-state index in [1.54, 1.807) is 0 Å². The molecule has 1 N–H and O–H groups in total. The van der Waals surface area contributed by atoms with Gasteiger partial charge in [0.05, 0.1) is 17.3 Å². The predicted octanol–water partition coefficient (Wildman–Crippen LogP) is 2.28. The van der Waals surface area contributed by atoms with Gasteiger partial charge in [0, 0.05) is 18.9 Å². The first-order valence-corrected chi connectivity index (χ1v) is 6.34. The number of aliphatic hydroxyl groups is 1. The lowest BCUT2D eigenvalue weighted by molar-refractivity contribution is 0.0624. The molecule has 1 atom stereocenters. The Morgan fingerprint density at radius 1 is 1.41 bits per heavy atom. The summed E-state index contributed by atoms with van der Waals surface area (Å²) in [7, 11) is 1.96. The summed E-state index contributed by atoms with van der Waals surface area (Å²) >= 11 is 0. The van der Waals surface area contributed by atoms with E-state index >= 15 is 0 Å². The fraction of sp³-hybridized carbons (Fsp3) is 0.500. The van der Waals surface area contributed by atoms with Gasteiger partial charge in [-0.25, -0.2) is 0 Å². The maximum absolute atomic E-state index is 10.1. The third kappa shape index (κ3) is 1.84. The molecule has 1 aromatic carbocycles. The molecule has 1 fully saturated rings. The van der Waals surface area contributed by atoms with Crippen LogP contribution in [0.2, 0.25) is 0 Å². The number of rotatable bonds is 3. The molecule has 0 bridgehead atoms. The molecule has 0 aliphatic heterocycles. The molecular weight excluding hydrogens is 212 g/mol. The molecule has 17 heavy (non-hydrogen) atoms. The van der Waals surface area contributed by atoms with Crippen molar-refractivity contribution in [3.05, 3.63) is 30.0 Å². The molecule has 3 rings (SSSR count). The lowest BCUT2D eigenvalue weighted by atomic mass is 9.79. The first kappa shape index (κ1) is 10.8. The van der Waals surface area contributed by atoms with Crippen LogP contribution in [0.25, 0.3) is 10.9 Å². The van der Waals surface area contributed by atoms with E-state index in [-0.39, 0.29) is 6.10 Å². The number of para-hydroxylation sites is 1. The van der Waals surface area contributed by atoms with Gasteiger partial charge < -0.3 is 5.11 Å². The third-order valence-corrected chi connectivity index (χ3v) is 3.93. The molecule has 3 nitrogen and oxygen atoms in total. The van der Waals surface area contributed by atoms with Crippen LogP contribution in [0.15, 0.2) is 24.3 Å². The Kier molecular flexibility index (Phi) is 2.63. The number of aliphatic hydroxyl groups excluding tert-OH is 1. The van der Waals surface area contributed by atoms with Crippen molar-refractivity contribution in [2.45, 2.75) is 31.8 Å². The Hall–Kier alpha value is -1.35. The number of nitrogens with zero attached hydrogens (tertiary/aromatic N) is 2. The SMILES string of the molecule is Cn1nc(CC(O)C2CCC2)c2ccccc21. The summed E-state index contributed by atoms with van der Waals surface area (Å²) in [5, 5.41) is 15.8. The van der Waals surface area contributed by atoms with E-state index in [1.165, 1.54) is 24.6 Å². The molecule has 1 aliphatic carbocycles. The second-order valence-electron chi connectivity index (χ2n) is 5.05. The molecule has 1 heterocycles. The Balaban J connectivity index is 1.89. The Morgan fingerprint density at radius 3 is 2.88 bits per heavy atom. The third-order valence-electron chi connectivity index (χ3n) is 3.93. The smallest absolute Gasteiger partial charge is 0.0729 e. The summed E-state index contributed by atoms with van der Waals surface area (Å²) in [5.41, 5.74) is 2.17. The zero-order valence-corrected chi connectivity index (χ0v) is 10.1. The van der Waals surface area contributed by atoms with E-state index in [9.17, 15) is 5.11 Å². The van der Waals surface area contributed by atoms with Gasteiger partial charge in [-0.05, 0) is 24.8 Å². The molecule has 0 radical (unpaired) electrons. The summed E-state index contributed by atoms with van der Waals surface area (Å²) in [6.45, 7) is 0. The minimum Gasteiger partial charge on any atom is -0.392 e. The zero-order valence-electron chi connectivity index (χ0n) is 10.1. The highest BCUT2D eigenvalue weighted by Gasteiger charge is 2.26. The van der Waals surface area contributed by atoms with E-state index in [0.717, 1.165) is 11.2 Å². The lowest BCUT2D eigenvalue weighted by Gasteiger charge is -2.29. The molecule has 1 aliphatic rings. The normalized spacial score (nSPS) is 18.2. The number of aromatic nitrogens is 2. The molecule has 1 aromatic heterocycles. The highest BCUT2D eigenvalue weighted by molar-refractivity contribution is 5.81. The first-order chi connectivity index (χ1) is 8.25. The van der Waals surface area contributed by atoms with Gasteiger partial charge in [0.2, 0.25) is 0 Å². The van der Waals surface area contributed by atoms with Crippen LogP contribution in [0, 0.1) is 5.92 Å². The second kappa shape index (κ2) is 4.15. The monoisotopic (exact) mass is 230 g/mol. The largest absolute Gasteiger partial charge is 0.392 e. The van der Waals surface area contributed by atoms with Crippen LogP contribution in [-0.2, 0) is 13.5 Å². The predicted molar refractivity (Wildman–Crippen MR) is 67.8 cm³/mol. The van der Waals surface area contributed by atoms with Crippen LogP contribution in [0.5, 0.6) is 0 Å². The van der Waals surface area contributed by atoms with Crippen LogP contribution in [-0.4, -0.2) is 21.0 Å².